The monoisotopic (exact) mass is 426 g/mol. The molecule has 0 saturated carbocycles. The van der Waals surface area contributed by atoms with Gasteiger partial charge in [-0.05, 0) is 67.6 Å². The predicted molar refractivity (Wildman–Crippen MR) is 139 cm³/mol. The first kappa shape index (κ1) is 19.8. The van der Waals surface area contributed by atoms with Crippen molar-refractivity contribution in [3.05, 3.63) is 107 Å². The van der Waals surface area contributed by atoms with Crippen molar-refractivity contribution in [1.29, 1.82) is 0 Å². The van der Waals surface area contributed by atoms with Crippen LogP contribution in [0.25, 0.3) is 50.2 Å². The van der Waals surface area contributed by atoms with Crippen molar-refractivity contribution in [3.63, 3.8) is 0 Å². The van der Waals surface area contributed by atoms with Crippen molar-refractivity contribution >= 4 is 16.7 Å². The van der Waals surface area contributed by atoms with Gasteiger partial charge in [0.2, 0.25) is 0 Å². The van der Waals surface area contributed by atoms with Crippen LogP contribution in [0.4, 0.5) is 0 Å². The summed E-state index contributed by atoms with van der Waals surface area (Å²) in [6.07, 6.45) is 0. The fourth-order valence-corrected chi connectivity index (χ4v) is 5.48. The summed E-state index contributed by atoms with van der Waals surface area (Å²) in [5.41, 5.74) is 15.8. The van der Waals surface area contributed by atoms with Gasteiger partial charge in [0, 0.05) is 16.7 Å². The molecule has 3 aromatic heterocycles. The maximum atomic E-state index is 5.24. The van der Waals surface area contributed by atoms with E-state index < -0.39 is 0 Å². The minimum Gasteiger partial charge on any atom is -0.291 e. The largest absolute Gasteiger partial charge is 0.291 e. The van der Waals surface area contributed by atoms with Crippen molar-refractivity contribution in [2.24, 2.45) is 0 Å². The summed E-state index contributed by atoms with van der Waals surface area (Å²) in [6, 6.07) is 30.6. The highest BCUT2D eigenvalue weighted by Gasteiger charge is 2.26. The van der Waals surface area contributed by atoms with Crippen molar-refractivity contribution < 1.29 is 0 Å². The van der Waals surface area contributed by atoms with Crippen LogP contribution in [-0.4, -0.2) is 9.38 Å². The first-order valence-corrected chi connectivity index (χ1v) is 11.5. The summed E-state index contributed by atoms with van der Waals surface area (Å²) in [7, 11) is 0. The molecule has 0 fully saturated rings. The molecule has 0 amide bonds. The van der Waals surface area contributed by atoms with Gasteiger partial charge in [0.1, 0.15) is 5.65 Å². The molecule has 160 valence electrons. The van der Waals surface area contributed by atoms with Gasteiger partial charge in [0.05, 0.1) is 16.7 Å². The molecular weight excluding hydrogens is 400 g/mol. The minimum absolute atomic E-state index is 1.01. The third kappa shape index (κ3) is 2.98. The van der Waals surface area contributed by atoms with Gasteiger partial charge in [-0.25, -0.2) is 4.98 Å². The third-order valence-corrected chi connectivity index (χ3v) is 6.65. The number of pyridine rings is 1. The molecule has 0 aliphatic carbocycles. The number of hydrogen-bond donors (Lipinski definition) is 0. The van der Waals surface area contributed by atoms with E-state index in [0.717, 1.165) is 11.3 Å². The summed E-state index contributed by atoms with van der Waals surface area (Å²) in [4.78, 5) is 5.24. The van der Waals surface area contributed by atoms with Crippen LogP contribution in [0, 0.1) is 27.7 Å². The van der Waals surface area contributed by atoms with Gasteiger partial charge in [-0.1, -0.05) is 78.4 Å². The van der Waals surface area contributed by atoms with Crippen LogP contribution in [0.15, 0.2) is 84.9 Å². The first-order chi connectivity index (χ1) is 16.0. The van der Waals surface area contributed by atoms with E-state index in [4.69, 9.17) is 4.98 Å². The van der Waals surface area contributed by atoms with E-state index in [2.05, 4.69) is 117 Å². The molecule has 2 nitrogen and oxygen atoms in total. The van der Waals surface area contributed by atoms with Crippen LogP contribution in [0.5, 0.6) is 0 Å². The Morgan fingerprint density at radius 2 is 1.12 bits per heavy atom. The van der Waals surface area contributed by atoms with E-state index >= 15 is 0 Å². The maximum Gasteiger partial charge on any atom is 0.138 e. The molecule has 3 aromatic carbocycles. The molecule has 6 aromatic rings. The second-order valence-corrected chi connectivity index (χ2v) is 9.18. The maximum absolute atomic E-state index is 5.24. The molecule has 3 heterocycles. The lowest BCUT2D eigenvalue weighted by Crippen LogP contribution is -1.92. The Morgan fingerprint density at radius 3 is 1.73 bits per heavy atom. The lowest BCUT2D eigenvalue weighted by atomic mass is 9.92. The third-order valence-electron chi connectivity index (χ3n) is 6.65. The average molecular weight is 427 g/mol. The van der Waals surface area contributed by atoms with Gasteiger partial charge in [0.25, 0.3) is 0 Å². The molecule has 6 rings (SSSR count). The highest BCUT2D eigenvalue weighted by atomic mass is 15.0. The van der Waals surface area contributed by atoms with Crippen molar-refractivity contribution in [3.8, 4) is 33.5 Å². The number of hydrogen-bond acceptors (Lipinski definition) is 1. The van der Waals surface area contributed by atoms with E-state index in [1.165, 1.54) is 61.1 Å². The summed E-state index contributed by atoms with van der Waals surface area (Å²) < 4.78 is 2.37. The van der Waals surface area contributed by atoms with Crippen molar-refractivity contribution in [1.82, 2.24) is 9.38 Å². The van der Waals surface area contributed by atoms with Crippen molar-refractivity contribution in [2.45, 2.75) is 27.7 Å². The number of aromatic nitrogens is 2. The van der Waals surface area contributed by atoms with Gasteiger partial charge in [-0.2, -0.15) is 0 Å². The van der Waals surface area contributed by atoms with Crippen LogP contribution in [0.1, 0.15) is 22.3 Å². The summed E-state index contributed by atoms with van der Waals surface area (Å²) >= 11 is 0. The van der Waals surface area contributed by atoms with E-state index in [1.54, 1.807) is 0 Å². The molecular formula is C31H26N2. The molecule has 0 aliphatic heterocycles. The Balaban J connectivity index is 1.85. The standard InChI is InChI=1S/C31H26N2/c1-19-15-21(3)27(22(4)16-19)30-31-29(24-13-9-6-10-14-24)28(23-11-7-5-8-12-23)25-17-20(2)18-26(32-30)33(25)31/h5-18H,1-4H3. The normalized spacial score (nSPS) is 11.6. The van der Waals surface area contributed by atoms with Gasteiger partial charge in [-0.15, -0.1) is 0 Å². The fraction of sp³-hybridized carbons (Fsp3) is 0.129. The predicted octanol–water partition coefficient (Wildman–Crippen LogP) is 8.16. The Hall–Kier alpha value is -3.91. The number of nitrogens with zero attached hydrogens (tertiary/aromatic N) is 2. The number of benzene rings is 3. The van der Waals surface area contributed by atoms with Gasteiger partial charge < -0.3 is 0 Å². The number of rotatable bonds is 3. The second-order valence-electron chi connectivity index (χ2n) is 9.18. The molecule has 0 spiro atoms. The molecule has 0 atom stereocenters. The zero-order valence-corrected chi connectivity index (χ0v) is 19.5. The smallest absolute Gasteiger partial charge is 0.138 e. The first-order valence-electron chi connectivity index (χ1n) is 11.5. The number of imidazole rings is 1. The molecule has 33 heavy (non-hydrogen) atoms. The second kappa shape index (κ2) is 7.31. The minimum atomic E-state index is 1.01. The molecule has 0 unspecified atom stereocenters. The fourth-order valence-electron chi connectivity index (χ4n) is 5.48. The molecule has 0 aliphatic rings. The van der Waals surface area contributed by atoms with Gasteiger partial charge in [0.15, 0.2) is 0 Å². The highest BCUT2D eigenvalue weighted by molar-refractivity contribution is 6.10. The SMILES string of the molecule is Cc1cc(C)c(-c2nc3cc(C)cc4c(-c5ccccc5)c(-c5ccccc5)c2n34)c(C)c1. The van der Waals surface area contributed by atoms with Crippen LogP contribution in [-0.2, 0) is 0 Å². The molecule has 0 radical (unpaired) electrons. The molecule has 0 N–H and O–H groups in total. The summed E-state index contributed by atoms with van der Waals surface area (Å²) in [6.45, 7) is 8.74. The lowest BCUT2D eigenvalue weighted by Gasteiger charge is -2.11. The Labute approximate surface area is 194 Å². The Kier molecular flexibility index (Phi) is 4.38. The van der Waals surface area contributed by atoms with E-state index in [9.17, 15) is 0 Å². The van der Waals surface area contributed by atoms with E-state index in [-0.39, 0.29) is 0 Å². The average Bonchev–Trinajstić information content (AvgIpc) is 3.32. The van der Waals surface area contributed by atoms with Crippen LogP contribution < -0.4 is 0 Å². The zero-order chi connectivity index (χ0) is 22.7. The Bertz CT molecular complexity index is 1600. The van der Waals surface area contributed by atoms with Gasteiger partial charge in [-0.3, -0.25) is 4.40 Å². The molecule has 0 bridgehead atoms. The zero-order valence-electron chi connectivity index (χ0n) is 19.5. The quantitative estimate of drug-likeness (QED) is 0.279. The van der Waals surface area contributed by atoms with E-state index in [0.29, 0.717) is 0 Å². The van der Waals surface area contributed by atoms with Crippen LogP contribution in [0.2, 0.25) is 0 Å². The summed E-state index contributed by atoms with van der Waals surface area (Å²) in [5.74, 6) is 0. The Morgan fingerprint density at radius 1 is 0.576 bits per heavy atom. The molecule has 2 heteroatoms. The van der Waals surface area contributed by atoms with Crippen molar-refractivity contribution in [2.75, 3.05) is 0 Å². The lowest BCUT2D eigenvalue weighted by molar-refractivity contribution is 1.27. The van der Waals surface area contributed by atoms with Crippen LogP contribution >= 0.6 is 0 Å². The summed E-state index contributed by atoms with van der Waals surface area (Å²) in [5, 5.41) is 0. The number of aryl methyl sites for hydroxylation is 4. The van der Waals surface area contributed by atoms with Crippen LogP contribution in [0.3, 0.4) is 0 Å². The highest BCUT2D eigenvalue weighted by Crippen LogP contribution is 2.46. The topological polar surface area (TPSA) is 17.3 Å². The van der Waals surface area contributed by atoms with Gasteiger partial charge >= 0.3 is 0 Å². The van der Waals surface area contributed by atoms with E-state index in [1.807, 2.05) is 0 Å². The molecule has 0 saturated heterocycles.